The molecule has 30 heavy (non-hydrogen) atoms. The minimum Gasteiger partial charge on any atom is -0.398 e. The molecule has 0 spiro atoms. The minimum atomic E-state index is -0.225. The second-order valence-corrected chi connectivity index (χ2v) is 11.9. The Hall–Kier alpha value is -1.15. The van der Waals surface area contributed by atoms with Gasteiger partial charge in [0.05, 0.1) is 22.4 Å². The maximum Gasteiger partial charge on any atom is 0.505 e. The summed E-state index contributed by atoms with van der Waals surface area (Å²) < 4.78 is 26.7. The van der Waals surface area contributed by atoms with Gasteiger partial charge < -0.3 is 18.6 Å². The molecular formula is C22H24B2O4S2. The van der Waals surface area contributed by atoms with Crippen molar-refractivity contribution < 1.29 is 18.6 Å². The number of hydrogen-bond donors (Lipinski definition) is 0. The maximum absolute atomic E-state index is 6.11. The fraction of sp³-hybridized carbons (Fsp3) is 0.455. The molecule has 0 aromatic carbocycles. The van der Waals surface area contributed by atoms with Crippen LogP contribution in [0.1, 0.15) is 50.3 Å². The van der Waals surface area contributed by atoms with Gasteiger partial charge in [0.25, 0.3) is 0 Å². The van der Waals surface area contributed by atoms with Gasteiger partial charge in [-0.25, -0.2) is 0 Å². The monoisotopic (exact) mass is 438 g/mol. The van der Waals surface area contributed by atoms with Gasteiger partial charge in [-0.1, -0.05) is 24.3 Å². The zero-order valence-electron chi connectivity index (χ0n) is 17.6. The zero-order chi connectivity index (χ0) is 20.8. The number of allylic oxidation sites excluding steroid dienone is 2. The standard InChI is InChI=1S/C22H24B2O4S2/c1-19-13-20(19,2)26-23(25-19)17-11-9-15(29-17)7-5-6-8-16-10-12-18(30-16)24-27-21(3)14-22(21,4)28-24/h5-12H,13-14H2,1-4H3/b7-5+,8-6+. The van der Waals surface area contributed by atoms with Crippen molar-refractivity contribution in [1.29, 1.82) is 0 Å². The molecule has 2 aliphatic heterocycles. The third-order valence-corrected chi connectivity index (χ3v) is 9.34. The molecular weight excluding hydrogens is 414 g/mol. The molecule has 0 amide bonds. The van der Waals surface area contributed by atoms with E-state index < -0.39 is 0 Å². The second kappa shape index (κ2) is 6.21. The number of rotatable bonds is 5. The summed E-state index contributed by atoms with van der Waals surface area (Å²) >= 11 is 3.44. The van der Waals surface area contributed by atoms with Crippen molar-refractivity contribution in [1.82, 2.24) is 0 Å². The molecule has 4 heterocycles. The van der Waals surface area contributed by atoms with Gasteiger partial charge >= 0.3 is 14.2 Å². The Labute approximate surface area is 186 Å². The molecule has 4 atom stereocenters. The van der Waals surface area contributed by atoms with Crippen LogP contribution in [0.5, 0.6) is 0 Å². The molecule has 6 rings (SSSR count). The van der Waals surface area contributed by atoms with E-state index >= 15 is 0 Å². The maximum atomic E-state index is 6.11. The van der Waals surface area contributed by atoms with Gasteiger partial charge in [-0.2, -0.15) is 0 Å². The fourth-order valence-corrected chi connectivity index (χ4v) is 6.33. The molecule has 4 unspecified atom stereocenters. The van der Waals surface area contributed by atoms with Gasteiger partial charge in [-0.05, 0) is 52.0 Å². The highest BCUT2D eigenvalue weighted by Crippen LogP contribution is 2.59. The first-order valence-electron chi connectivity index (χ1n) is 10.5. The summed E-state index contributed by atoms with van der Waals surface area (Å²) in [5, 5.41) is 0. The van der Waals surface area contributed by atoms with E-state index in [0.29, 0.717) is 0 Å². The fourth-order valence-electron chi connectivity index (χ4n) is 4.56. The summed E-state index contributed by atoms with van der Waals surface area (Å²) in [4.78, 5) is 2.39. The molecule has 8 heteroatoms. The van der Waals surface area contributed by atoms with Crippen molar-refractivity contribution in [3.05, 3.63) is 46.2 Å². The Morgan fingerprint density at radius 1 is 0.667 bits per heavy atom. The van der Waals surface area contributed by atoms with E-state index in [4.69, 9.17) is 18.6 Å². The topological polar surface area (TPSA) is 36.9 Å². The van der Waals surface area contributed by atoms with Gasteiger partial charge in [-0.3, -0.25) is 0 Å². The van der Waals surface area contributed by atoms with Crippen molar-refractivity contribution in [2.24, 2.45) is 0 Å². The Morgan fingerprint density at radius 2 is 1.03 bits per heavy atom. The molecule has 0 N–H and O–H groups in total. The third kappa shape index (κ3) is 2.96. The predicted octanol–water partition coefficient (Wildman–Crippen LogP) is 3.86. The largest absolute Gasteiger partial charge is 0.505 e. The van der Waals surface area contributed by atoms with E-state index in [9.17, 15) is 0 Å². The van der Waals surface area contributed by atoms with E-state index in [-0.39, 0.29) is 36.6 Å². The predicted molar refractivity (Wildman–Crippen MR) is 125 cm³/mol. The third-order valence-electron chi connectivity index (χ3n) is 7.20. The van der Waals surface area contributed by atoms with Gasteiger partial charge in [0.1, 0.15) is 0 Å². The molecule has 0 radical (unpaired) electrons. The summed E-state index contributed by atoms with van der Waals surface area (Å²) in [7, 11) is -0.451. The van der Waals surface area contributed by atoms with E-state index in [2.05, 4.69) is 76.3 Å². The highest BCUT2D eigenvalue weighted by Gasteiger charge is 2.72. The molecule has 154 valence electrons. The number of fused-ring (bicyclic) bond motifs is 2. The lowest BCUT2D eigenvalue weighted by Crippen LogP contribution is -2.33. The number of thiophene rings is 2. The van der Waals surface area contributed by atoms with Crippen LogP contribution in [0.25, 0.3) is 12.2 Å². The quantitative estimate of drug-likeness (QED) is 0.525. The molecule has 2 aliphatic carbocycles. The minimum absolute atomic E-state index is 0.107. The Bertz CT molecular complexity index is 963. The van der Waals surface area contributed by atoms with Crippen LogP contribution in [0, 0.1) is 0 Å². The van der Waals surface area contributed by atoms with Crippen molar-refractivity contribution in [2.45, 2.75) is 62.9 Å². The number of hydrogen-bond acceptors (Lipinski definition) is 6. The summed E-state index contributed by atoms with van der Waals surface area (Å²) in [6, 6.07) is 8.45. The molecule has 4 nitrogen and oxygen atoms in total. The van der Waals surface area contributed by atoms with Crippen LogP contribution in [-0.4, -0.2) is 36.6 Å². The smallest absolute Gasteiger partial charge is 0.398 e. The first-order valence-corrected chi connectivity index (χ1v) is 12.1. The molecule has 2 saturated heterocycles. The lowest BCUT2D eigenvalue weighted by atomic mass is 9.87. The molecule has 4 aliphatic rings. The summed E-state index contributed by atoms with van der Waals surface area (Å²) in [6.45, 7) is 8.54. The average Bonchev–Trinajstić information content (AvgIpc) is 3.18. The second-order valence-electron chi connectivity index (χ2n) is 9.61. The van der Waals surface area contributed by atoms with Gasteiger partial charge in [0.2, 0.25) is 0 Å². The van der Waals surface area contributed by atoms with Gasteiger partial charge in [0.15, 0.2) is 0 Å². The zero-order valence-corrected chi connectivity index (χ0v) is 19.3. The van der Waals surface area contributed by atoms with Gasteiger partial charge in [0, 0.05) is 32.1 Å². The molecule has 4 fully saturated rings. The summed E-state index contributed by atoms with van der Waals surface area (Å²) in [5.74, 6) is 0. The highest BCUT2D eigenvalue weighted by molar-refractivity contribution is 7.23. The van der Waals surface area contributed by atoms with E-state index in [1.165, 1.54) is 9.75 Å². The van der Waals surface area contributed by atoms with Crippen LogP contribution >= 0.6 is 22.7 Å². The molecule has 2 aromatic rings. The van der Waals surface area contributed by atoms with Gasteiger partial charge in [-0.15, -0.1) is 22.7 Å². The van der Waals surface area contributed by atoms with Crippen LogP contribution < -0.4 is 9.55 Å². The first kappa shape index (κ1) is 19.5. The van der Waals surface area contributed by atoms with Crippen LogP contribution in [0.3, 0.4) is 0 Å². The Kier molecular flexibility index (Phi) is 4.04. The van der Waals surface area contributed by atoms with E-state index in [1.807, 2.05) is 0 Å². The lowest BCUT2D eigenvalue weighted by molar-refractivity contribution is 0.187. The highest BCUT2D eigenvalue weighted by atomic mass is 32.1. The van der Waals surface area contributed by atoms with E-state index in [1.54, 1.807) is 22.7 Å². The lowest BCUT2D eigenvalue weighted by Gasteiger charge is -2.08. The van der Waals surface area contributed by atoms with Crippen LogP contribution in [0.4, 0.5) is 0 Å². The Balaban J connectivity index is 1.06. The SMILES string of the molecule is CC12CC1(C)OB(c1ccc(/C=C/C=C/c3ccc(B4OC5(C)CC5(C)O4)s3)s1)O2. The normalized spacial score (nSPS) is 39.3. The van der Waals surface area contributed by atoms with Crippen molar-refractivity contribution in [3.63, 3.8) is 0 Å². The van der Waals surface area contributed by atoms with Crippen molar-refractivity contribution >= 4 is 58.6 Å². The van der Waals surface area contributed by atoms with Crippen LogP contribution in [0.15, 0.2) is 36.4 Å². The summed E-state index contributed by atoms with van der Waals surface area (Å²) in [5.41, 5.74) is -0.427. The van der Waals surface area contributed by atoms with E-state index in [0.717, 1.165) is 22.4 Å². The molecule has 0 bridgehead atoms. The Morgan fingerprint density at radius 3 is 1.40 bits per heavy atom. The molecule has 2 aromatic heterocycles. The van der Waals surface area contributed by atoms with Crippen molar-refractivity contribution in [3.8, 4) is 0 Å². The summed E-state index contributed by atoms with van der Waals surface area (Å²) in [6.07, 6.45) is 10.4. The molecule has 2 saturated carbocycles. The van der Waals surface area contributed by atoms with Crippen LogP contribution in [-0.2, 0) is 18.6 Å². The first-order chi connectivity index (χ1) is 14.2. The van der Waals surface area contributed by atoms with Crippen molar-refractivity contribution in [2.75, 3.05) is 0 Å². The van der Waals surface area contributed by atoms with Crippen LogP contribution in [0.2, 0.25) is 0 Å². The average molecular weight is 438 g/mol.